The Hall–Kier alpha value is -2.44. The van der Waals surface area contributed by atoms with Gasteiger partial charge in [0.15, 0.2) is 5.13 Å². The van der Waals surface area contributed by atoms with Gasteiger partial charge in [0.1, 0.15) is 5.75 Å². The van der Waals surface area contributed by atoms with E-state index in [0.29, 0.717) is 19.6 Å². The van der Waals surface area contributed by atoms with Crippen molar-refractivity contribution in [3.05, 3.63) is 53.6 Å². The Morgan fingerprint density at radius 1 is 1.10 bits per heavy atom. The zero-order valence-corrected chi connectivity index (χ0v) is 19.2. The highest BCUT2D eigenvalue weighted by Crippen LogP contribution is 2.32. The number of nitrogens with zero attached hydrogens (tertiary/aromatic N) is 2. The SMILES string of the molecule is CC[NH+](CC)CCN(C(=O)CCOc1ccccc1)c1nc2c(C)c(C)ccc2s1. The molecule has 1 N–H and O–H groups in total. The summed E-state index contributed by atoms with van der Waals surface area (Å²) in [4.78, 5) is 21.4. The van der Waals surface area contributed by atoms with Gasteiger partial charge in [-0.3, -0.25) is 9.69 Å². The maximum Gasteiger partial charge on any atom is 0.232 e. The first-order valence-electron chi connectivity index (χ1n) is 10.7. The lowest BCUT2D eigenvalue weighted by Gasteiger charge is -2.23. The van der Waals surface area contributed by atoms with Crippen molar-refractivity contribution >= 4 is 32.6 Å². The smallest absolute Gasteiger partial charge is 0.232 e. The molecule has 0 radical (unpaired) electrons. The molecule has 2 aromatic carbocycles. The van der Waals surface area contributed by atoms with Crippen LogP contribution in [0.4, 0.5) is 5.13 Å². The molecule has 1 amide bonds. The largest absolute Gasteiger partial charge is 0.493 e. The summed E-state index contributed by atoms with van der Waals surface area (Å²) in [7, 11) is 0. The van der Waals surface area contributed by atoms with Crippen LogP contribution in [0, 0.1) is 13.8 Å². The van der Waals surface area contributed by atoms with Crippen LogP contribution in [0.5, 0.6) is 5.75 Å². The molecule has 160 valence electrons. The van der Waals surface area contributed by atoms with E-state index >= 15 is 0 Å². The third-order valence-electron chi connectivity index (χ3n) is 5.62. The van der Waals surface area contributed by atoms with E-state index in [1.165, 1.54) is 16.0 Å². The molecular formula is C24H32N3O2S+. The normalized spacial score (nSPS) is 11.2. The molecule has 0 aliphatic rings. The number of hydrogen-bond acceptors (Lipinski definition) is 4. The molecular weight excluding hydrogens is 394 g/mol. The molecule has 3 rings (SSSR count). The highest BCUT2D eigenvalue weighted by atomic mass is 32.1. The van der Waals surface area contributed by atoms with Crippen molar-refractivity contribution in [1.29, 1.82) is 0 Å². The molecule has 0 unspecified atom stereocenters. The molecule has 0 aliphatic carbocycles. The highest BCUT2D eigenvalue weighted by Gasteiger charge is 2.22. The number of nitrogens with one attached hydrogen (secondary N) is 1. The van der Waals surface area contributed by atoms with E-state index in [2.05, 4.69) is 39.8 Å². The average Bonchev–Trinajstić information content (AvgIpc) is 3.19. The van der Waals surface area contributed by atoms with E-state index in [-0.39, 0.29) is 5.91 Å². The molecule has 0 aliphatic heterocycles. The van der Waals surface area contributed by atoms with Crippen LogP contribution < -0.4 is 14.5 Å². The summed E-state index contributed by atoms with van der Waals surface area (Å²) in [5.41, 5.74) is 3.41. The summed E-state index contributed by atoms with van der Waals surface area (Å²) in [6.45, 7) is 12.6. The number of rotatable bonds is 10. The van der Waals surface area contributed by atoms with Crippen LogP contribution in [0.3, 0.4) is 0 Å². The molecule has 0 fully saturated rings. The van der Waals surface area contributed by atoms with Gasteiger partial charge in [0, 0.05) is 0 Å². The Balaban J connectivity index is 1.77. The Morgan fingerprint density at radius 3 is 2.53 bits per heavy atom. The van der Waals surface area contributed by atoms with Crippen LogP contribution in [0.25, 0.3) is 10.2 Å². The van der Waals surface area contributed by atoms with Crippen LogP contribution in [0.2, 0.25) is 0 Å². The first kappa shape index (κ1) is 22.2. The minimum absolute atomic E-state index is 0.0610. The number of likely N-dealkylation sites (N-methyl/N-ethyl adjacent to an activating group) is 1. The third-order valence-corrected chi connectivity index (χ3v) is 6.67. The van der Waals surface area contributed by atoms with Crippen LogP contribution in [0.15, 0.2) is 42.5 Å². The number of amides is 1. The summed E-state index contributed by atoms with van der Waals surface area (Å²) in [5.74, 6) is 0.849. The predicted octanol–water partition coefficient (Wildman–Crippen LogP) is 3.64. The van der Waals surface area contributed by atoms with Crippen molar-refractivity contribution in [2.45, 2.75) is 34.1 Å². The number of aryl methyl sites for hydroxylation is 2. The molecule has 0 spiro atoms. The van der Waals surface area contributed by atoms with Crippen molar-refractivity contribution in [1.82, 2.24) is 4.98 Å². The Morgan fingerprint density at radius 2 is 1.83 bits per heavy atom. The zero-order chi connectivity index (χ0) is 21.5. The fourth-order valence-corrected chi connectivity index (χ4v) is 4.51. The fourth-order valence-electron chi connectivity index (χ4n) is 3.44. The van der Waals surface area contributed by atoms with Crippen molar-refractivity contribution in [3.8, 4) is 5.75 Å². The number of ether oxygens (including phenoxy) is 1. The van der Waals surface area contributed by atoms with Gasteiger partial charge in [-0.1, -0.05) is 35.6 Å². The van der Waals surface area contributed by atoms with E-state index in [1.807, 2.05) is 35.2 Å². The van der Waals surface area contributed by atoms with Gasteiger partial charge in [0.2, 0.25) is 5.91 Å². The van der Waals surface area contributed by atoms with Crippen molar-refractivity contribution in [2.75, 3.05) is 37.7 Å². The maximum absolute atomic E-state index is 13.2. The highest BCUT2D eigenvalue weighted by molar-refractivity contribution is 7.22. The second kappa shape index (κ2) is 10.5. The monoisotopic (exact) mass is 426 g/mol. The summed E-state index contributed by atoms with van der Waals surface area (Å²) < 4.78 is 6.88. The van der Waals surface area contributed by atoms with Crippen LogP contribution in [0.1, 0.15) is 31.4 Å². The maximum atomic E-state index is 13.2. The molecule has 0 saturated heterocycles. The first-order valence-corrected chi connectivity index (χ1v) is 11.5. The lowest BCUT2D eigenvalue weighted by Crippen LogP contribution is -3.12. The number of benzene rings is 2. The summed E-state index contributed by atoms with van der Waals surface area (Å²) >= 11 is 1.60. The fraction of sp³-hybridized carbons (Fsp3) is 0.417. The molecule has 0 atom stereocenters. The number of fused-ring (bicyclic) bond motifs is 1. The molecule has 6 heteroatoms. The van der Waals surface area contributed by atoms with E-state index in [4.69, 9.17) is 9.72 Å². The standard InChI is InChI=1S/C24H31N3O2S/c1-5-26(6-2)15-16-27(22(28)14-17-29-20-10-8-7-9-11-20)24-25-23-19(4)18(3)12-13-21(23)30-24/h7-13H,5-6,14-17H2,1-4H3/p+1. The quantitative estimate of drug-likeness (QED) is 0.538. The minimum atomic E-state index is 0.0610. The molecule has 3 aromatic rings. The molecule has 1 aromatic heterocycles. The number of aromatic nitrogens is 1. The summed E-state index contributed by atoms with van der Waals surface area (Å²) in [6.07, 6.45) is 0.330. The van der Waals surface area contributed by atoms with Crippen LogP contribution >= 0.6 is 11.3 Å². The van der Waals surface area contributed by atoms with Gasteiger partial charge in [0.05, 0.1) is 49.4 Å². The van der Waals surface area contributed by atoms with E-state index in [1.54, 1.807) is 11.3 Å². The van der Waals surface area contributed by atoms with Gasteiger partial charge in [-0.05, 0) is 57.0 Å². The lowest BCUT2D eigenvalue weighted by molar-refractivity contribution is -0.894. The Bertz CT molecular complexity index is 967. The van der Waals surface area contributed by atoms with E-state index in [9.17, 15) is 4.79 Å². The number of carbonyl (C=O) groups is 1. The summed E-state index contributed by atoms with van der Waals surface area (Å²) in [6, 6.07) is 13.9. The summed E-state index contributed by atoms with van der Waals surface area (Å²) in [5, 5.41) is 0.787. The Kier molecular flexibility index (Phi) is 7.82. The Labute approximate surface area is 183 Å². The number of hydrogen-bond donors (Lipinski definition) is 1. The number of thiazole rings is 1. The average molecular weight is 427 g/mol. The zero-order valence-electron chi connectivity index (χ0n) is 18.4. The lowest BCUT2D eigenvalue weighted by atomic mass is 10.1. The van der Waals surface area contributed by atoms with Gasteiger partial charge in [0.25, 0.3) is 0 Å². The first-order chi connectivity index (χ1) is 14.5. The molecule has 30 heavy (non-hydrogen) atoms. The van der Waals surface area contributed by atoms with E-state index < -0.39 is 0 Å². The predicted molar refractivity (Wildman–Crippen MR) is 125 cm³/mol. The molecule has 0 saturated carbocycles. The van der Waals surface area contributed by atoms with E-state index in [0.717, 1.165) is 40.7 Å². The molecule has 5 nitrogen and oxygen atoms in total. The second-order valence-electron chi connectivity index (χ2n) is 7.51. The minimum Gasteiger partial charge on any atom is -0.493 e. The number of anilines is 1. The number of carbonyl (C=O) groups excluding carboxylic acids is 1. The molecule has 1 heterocycles. The van der Waals surface area contributed by atoms with Crippen LogP contribution in [-0.2, 0) is 4.79 Å². The number of quaternary nitrogens is 1. The number of para-hydroxylation sites is 1. The van der Waals surface area contributed by atoms with Crippen molar-refractivity contribution in [2.24, 2.45) is 0 Å². The van der Waals surface area contributed by atoms with Gasteiger partial charge in [-0.15, -0.1) is 0 Å². The van der Waals surface area contributed by atoms with Crippen LogP contribution in [-0.4, -0.2) is 43.7 Å². The van der Waals surface area contributed by atoms with Crippen molar-refractivity contribution in [3.63, 3.8) is 0 Å². The second-order valence-corrected chi connectivity index (χ2v) is 8.52. The van der Waals surface area contributed by atoms with Crippen molar-refractivity contribution < 1.29 is 14.4 Å². The van der Waals surface area contributed by atoms with Gasteiger partial charge in [-0.25, -0.2) is 4.98 Å². The third kappa shape index (κ3) is 5.37. The van der Waals surface area contributed by atoms with Gasteiger partial charge in [-0.2, -0.15) is 0 Å². The van der Waals surface area contributed by atoms with Gasteiger partial charge >= 0.3 is 0 Å². The topological polar surface area (TPSA) is 46.9 Å². The van der Waals surface area contributed by atoms with Gasteiger partial charge < -0.3 is 9.64 Å². The molecule has 0 bridgehead atoms.